The van der Waals surface area contributed by atoms with E-state index < -0.39 is 5.91 Å². The average molecular weight is 357 g/mol. The smallest absolute Gasteiger partial charge is 0.258 e. The first-order valence-corrected chi connectivity index (χ1v) is 7.98. The van der Waals surface area contributed by atoms with E-state index in [4.69, 9.17) is 19.2 Å². The fraction of sp³-hybridized carbons (Fsp3) is 0.278. The zero-order valence-corrected chi connectivity index (χ0v) is 14.3. The van der Waals surface area contributed by atoms with Gasteiger partial charge in [0.2, 0.25) is 5.91 Å². The van der Waals surface area contributed by atoms with Gasteiger partial charge in [0.25, 0.3) is 5.91 Å². The van der Waals surface area contributed by atoms with Crippen molar-refractivity contribution in [3.63, 3.8) is 0 Å². The Balaban J connectivity index is 1.76. The first-order chi connectivity index (χ1) is 12.6. The summed E-state index contributed by atoms with van der Waals surface area (Å²) >= 11 is 0. The van der Waals surface area contributed by atoms with Gasteiger partial charge in [-0.15, -0.1) is 0 Å². The zero-order valence-electron chi connectivity index (χ0n) is 14.3. The summed E-state index contributed by atoms with van der Waals surface area (Å²) in [6.45, 7) is 2.00. The predicted octanol–water partition coefficient (Wildman–Crippen LogP) is 1.36. The number of ether oxygens (including phenoxy) is 2. The second-order valence-corrected chi connectivity index (χ2v) is 5.13. The molecular weight excluding hydrogens is 338 g/mol. The van der Waals surface area contributed by atoms with Crippen molar-refractivity contribution in [1.29, 1.82) is 5.26 Å². The van der Waals surface area contributed by atoms with Crippen molar-refractivity contribution in [3.8, 4) is 17.6 Å². The molecule has 8 heteroatoms. The molecule has 0 bridgehead atoms. The Morgan fingerprint density at radius 3 is 2.69 bits per heavy atom. The van der Waals surface area contributed by atoms with Crippen LogP contribution in [0.4, 0.5) is 0 Å². The van der Waals surface area contributed by atoms with Crippen molar-refractivity contribution in [3.05, 3.63) is 47.9 Å². The molecule has 0 saturated carbocycles. The van der Waals surface area contributed by atoms with E-state index in [0.29, 0.717) is 29.4 Å². The van der Waals surface area contributed by atoms with Crippen LogP contribution in [0.3, 0.4) is 0 Å². The first-order valence-electron chi connectivity index (χ1n) is 7.98. The molecule has 0 aliphatic heterocycles. The molecule has 0 atom stereocenters. The molecular formula is C18H19N3O5. The summed E-state index contributed by atoms with van der Waals surface area (Å²) in [5, 5.41) is 14.0. The van der Waals surface area contributed by atoms with E-state index in [0.717, 1.165) is 0 Å². The highest BCUT2D eigenvalue weighted by atomic mass is 16.5. The van der Waals surface area contributed by atoms with Crippen LogP contribution in [-0.2, 0) is 16.1 Å². The number of nitrogens with zero attached hydrogens (tertiary/aromatic N) is 1. The first kappa shape index (κ1) is 18.9. The fourth-order valence-electron chi connectivity index (χ4n) is 2.00. The second kappa shape index (κ2) is 9.74. The summed E-state index contributed by atoms with van der Waals surface area (Å²) in [6.07, 6.45) is 1.51. The summed E-state index contributed by atoms with van der Waals surface area (Å²) in [7, 11) is 0. The third-order valence-electron chi connectivity index (χ3n) is 3.22. The maximum absolute atomic E-state index is 11.8. The molecule has 26 heavy (non-hydrogen) atoms. The van der Waals surface area contributed by atoms with E-state index in [1.165, 1.54) is 6.26 Å². The van der Waals surface area contributed by atoms with Gasteiger partial charge in [-0.3, -0.25) is 9.59 Å². The lowest BCUT2D eigenvalue weighted by Gasteiger charge is -2.12. The summed E-state index contributed by atoms with van der Waals surface area (Å²) in [4.78, 5) is 23.5. The molecule has 2 aromatic rings. The third-order valence-corrected chi connectivity index (χ3v) is 3.22. The van der Waals surface area contributed by atoms with E-state index in [1.807, 2.05) is 6.07 Å². The number of carbonyl (C=O) groups excluding carboxylic acids is 2. The molecule has 2 rings (SSSR count). The minimum absolute atomic E-state index is 0.172. The van der Waals surface area contributed by atoms with Crippen LogP contribution in [0.15, 0.2) is 41.0 Å². The molecule has 1 aromatic carbocycles. The molecule has 0 unspecified atom stereocenters. The van der Waals surface area contributed by atoms with Gasteiger partial charge in [-0.1, -0.05) is 0 Å². The van der Waals surface area contributed by atoms with Crippen molar-refractivity contribution >= 4 is 11.8 Å². The van der Waals surface area contributed by atoms with Gasteiger partial charge >= 0.3 is 0 Å². The number of hydrogen-bond donors (Lipinski definition) is 2. The molecule has 0 fully saturated rings. The Kier molecular flexibility index (Phi) is 7.06. The molecule has 1 heterocycles. The summed E-state index contributed by atoms with van der Waals surface area (Å²) < 4.78 is 15.9. The molecule has 0 spiro atoms. The maximum atomic E-state index is 11.8. The lowest BCUT2D eigenvalue weighted by atomic mass is 10.2. The van der Waals surface area contributed by atoms with E-state index in [-0.39, 0.29) is 25.6 Å². The molecule has 0 aliphatic rings. The van der Waals surface area contributed by atoms with Gasteiger partial charge < -0.3 is 24.5 Å². The highest BCUT2D eigenvalue weighted by Crippen LogP contribution is 2.28. The van der Waals surface area contributed by atoms with E-state index >= 15 is 0 Å². The van der Waals surface area contributed by atoms with Crippen LogP contribution in [0.5, 0.6) is 11.5 Å². The van der Waals surface area contributed by atoms with Crippen molar-refractivity contribution < 1.29 is 23.5 Å². The van der Waals surface area contributed by atoms with Gasteiger partial charge in [-0.25, -0.2) is 0 Å². The average Bonchev–Trinajstić information content (AvgIpc) is 3.17. The molecule has 2 N–H and O–H groups in total. The Bertz CT molecular complexity index is 781. The van der Waals surface area contributed by atoms with Gasteiger partial charge in [0.1, 0.15) is 5.76 Å². The zero-order chi connectivity index (χ0) is 18.8. The van der Waals surface area contributed by atoms with Gasteiger partial charge in [0.15, 0.2) is 18.1 Å². The standard InChI is InChI=1S/C18H19N3O5/c1-2-24-16-8-13(9-19)5-6-15(16)26-12-18(23)21-11-17(22)20-10-14-4-3-7-25-14/h3-8H,2,10-12H2,1H3,(H,20,22)(H,21,23). The van der Waals surface area contributed by atoms with Crippen molar-refractivity contribution in [2.24, 2.45) is 0 Å². The quantitative estimate of drug-likeness (QED) is 0.700. The SMILES string of the molecule is CCOc1cc(C#N)ccc1OCC(=O)NCC(=O)NCc1ccco1. The van der Waals surface area contributed by atoms with Crippen LogP contribution in [0.2, 0.25) is 0 Å². The van der Waals surface area contributed by atoms with E-state index in [1.54, 1.807) is 37.3 Å². The summed E-state index contributed by atoms with van der Waals surface area (Å²) in [6, 6.07) is 10.1. The van der Waals surface area contributed by atoms with E-state index in [9.17, 15) is 9.59 Å². The lowest BCUT2D eigenvalue weighted by molar-refractivity contribution is -0.127. The Morgan fingerprint density at radius 2 is 2.00 bits per heavy atom. The highest BCUT2D eigenvalue weighted by molar-refractivity contribution is 5.85. The number of carbonyl (C=O) groups is 2. The number of nitriles is 1. The largest absolute Gasteiger partial charge is 0.490 e. The fourth-order valence-corrected chi connectivity index (χ4v) is 2.00. The van der Waals surface area contributed by atoms with Gasteiger partial charge in [0.05, 0.1) is 37.6 Å². The van der Waals surface area contributed by atoms with Crippen molar-refractivity contribution in [2.45, 2.75) is 13.5 Å². The normalized spacial score (nSPS) is 9.85. The van der Waals surface area contributed by atoms with E-state index in [2.05, 4.69) is 10.6 Å². The lowest BCUT2D eigenvalue weighted by Crippen LogP contribution is -2.38. The van der Waals surface area contributed by atoms with Crippen LogP contribution in [0.1, 0.15) is 18.2 Å². The predicted molar refractivity (Wildman–Crippen MR) is 91.4 cm³/mol. The number of benzene rings is 1. The van der Waals surface area contributed by atoms with Gasteiger partial charge in [-0.05, 0) is 31.2 Å². The Labute approximate surface area is 150 Å². The number of amides is 2. The number of nitrogens with one attached hydrogen (secondary N) is 2. The number of hydrogen-bond acceptors (Lipinski definition) is 6. The molecule has 0 radical (unpaired) electrons. The van der Waals surface area contributed by atoms with Crippen LogP contribution in [0, 0.1) is 11.3 Å². The number of furan rings is 1. The van der Waals surface area contributed by atoms with Crippen LogP contribution < -0.4 is 20.1 Å². The summed E-state index contributed by atoms with van der Waals surface area (Å²) in [5.74, 6) is 0.559. The molecule has 136 valence electrons. The molecule has 0 saturated heterocycles. The van der Waals surface area contributed by atoms with Crippen LogP contribution >= 0.6 is 0 Å². The topological polar surface area (TPSA) is 114 Å². The molecule has 2 amide bonds. The Morgan fingerprint density at radius 1 is 1.15 bits per heavy atom. The molecule has 0 aliphatic carbocycles. The maximum Gasteiger partial charge on any atom is 0.258 e. The minimum atomic E-state index is -0.454. The monoisotopic (exact) mass is 357 g/mol. The van der Waals surface area contributed by atoms with Gasteiger partial charge in [-0.2, -0.15) is 5.26 Å². The summed E-state index contributed by atoms with van der Waals surface area (Å²) in [5.41, 5.74) is 0.429. The van der Waals surface area contributed by atoms with Gasteiger partial charge in [0, 0.05) is 6.07 Å². The molecule has 8 nitrogen and oxygen atoms in total. The van der Waals surface area contributed by atoms with Crippen molar-refractivity contribution in [1.82, 2.24) is 10.6 Å². The van der Waals surface area contributed by atoms with Crippen LogP contribution in [0.25, 0.3) is 0 Å². The molecule has 1 aromatic heterocycles. The minimum Gasteiger partial charge on any atom is -0.490 e. The van der Waals surface area contributed by atoms with Crippen LogP contribution in [-0.4, -0.2) is 31.6 Å². The Hall–Kier alpha value is -3.47. The second-order valence-electron chi connectivity index (χ2n) is 5.13. The van der Waals surface area contributed by atoms with Crippen molar-refractivity contribution in [2.75, 3.05) is 19.8 Å². The highest BCUT2D eigenvalue weighted by Gasteiger charge is 2.10. The number of rotatable bonds is 9. The third kappa shape index (κ3) is 5.87.